The van der Waals surface area contributed by atoms with E-state index in [0.717, 1.165) is 0 Å². The Bertz CT molecular complexity index is 816. The summed E-state index contributed by atoms with van der Waals surface area (Å²) in [6, 6.07) is 11.9. The highest BCUT2D eigenvalue weighted by Crippen LogP contribution is 2.49. The van der Waals surface area contributed by atoms with Gasteiger partial charge in [0, 0.05) is 45.8 Å². The Morgan fingerprint density at radius 3 is 2.64 bits per heavy atom. The van der Waals surface area contributed by atoms with E-state index in [1.807, 2.05) is 35.0 Å². The number of amides is 2. The van der Waals surface area contributed by atoms with E-state index in [0.29, 0.717) is 31.7 Å². The molecule has 1 spiro atoms. The molecule has 0 N–H and O–H groups in total. The normalized spacial score (nSPS) is 26.0. The smallest absolute Gasteiger partial charge is 0.272 e. The maximum atomic E-state index is 13.0. The van der Waals surface area contributed by atoms with Crippen LogP contribution in [0.2, 0.25) is 0 Å². The molecule has 2 atom stereocenters. The third kappa shape index (κ3) is 2.35. The van der Waals surface area contributed by atoms with Crippen molar-refractivity contribution in [2.75, 3.05) is 26.7 Å². The van der Waals surface area contributed by atoms with Crippen LogP contribution in [-0.2, 0) is 11.8 Å². The Morgan fingerprint density at radius 1 is 1.20 bits per heavy atom. The summed E-state index contributed by atoms with van der Waals surface area (Å²) in [4.78, 5) is 29.5. The summed E-state index contributed by atoms with van der Waals surface area (Å²) < 4.78 is 1.59. The van der Waals surface area contributed by atoms with Crippen LogP contribution in [0.5, 0.6) is 0 Å². The van der Waals surface area contributed by atoms with Crippen LogP contribution in [0.1, 0.15) is 28.4 Å². The lowest BCUT2D eigenvalue weighted by Crippen LogP contribution is -2.39. The van der Waals surface area contributed by atoms with E-state index in [-0.39, 0.29) is 17.7 Å². The highest BCUT2D eigenvalue weighted by atomic mass is 16.2. The molecule has 0 saturated carbocycles. The lowest BCUT2D eigenvalue weighted by Gasteiger charge is -2.28. The van der Waals surface area contributed by atoms with Gasteiger partial charge in [-0.05, 0) is 18.1 Å². The average Bonchev–Trinajstić information content (AvgIpc) is 3.31. The van der Waals surface area contributed by atoms with Crippen molar-refractivity contribution in [2.45, 2.75) is 12.3 Å². The van der Waals surface area contributed by atoms with Crippen molar-refractivity contribution in [2.24, 2.45) is 12.5 Å². The first-order valence-electron chi connectivity index (χ1n) is 8.61. The maximum absolute atomic E-state index is 13.0. The second kappa shape index (κ2) is 5.72. The number of nitrogens with zero attached hydrogens (tertiary/aromatic N) is 4. The van der Waals surface area contributed by atoms with Crippen LogP contribution in [0.3, 0.4) is 0 Å². The van der Waals surface area contributed by atoms with Crippen LogP contribution in [0, 0.1) is 5.41 Å². The van der Waals surface area contributed by atoms with E-state index in [4.69, 9.17) is 0 Å². The highest BCUT2D eigenvalue weighted by Gasteiger charge is 2.57. The summed E-state index contributed by atoms with van der Waals surface area (Å²) in [5.41, 5.74) is 1.23. The molecule has 2 amide bonds. The molecule has 1 aromatic carbocycles. The Kier molecular flexibility index (Phi) is 3.63. The number of likely N-dealkylation sites (N-methyl/N-ethyl adjacent to an activating group) is 1. The van der Waals surface area contributed by atoms with Gasteiger partial charge in [0.15, 0.2) is 0 Å². The minimum atomic E-state index is -0.510. The Labute approximate surface area is 147 Å². The van der Waals surface area contributed by atoms with E-state index in [9.17, 15) is 9.59 Å². The molecule has 130 valence electrons. The minimum Gasteiger partial charge on any atom is -0.345 e. The first-order chi connectivity index (χ1) is 12.0. The summed E-state index contributed by atoms with van der Waals surface area (Å²) in [5.74, 6) is 0.225. The third-order valence-electron chi connectivity index (χ3n) is 5.73. The van der Waals surface area contributed by atoms with Crippen LogP contribution >= 0.6 is 0 Å². The monoisotopic (exact) mass is 338 g/mol. The van der Waals surface area contributed by atoms with Gasteiger partial charge in [-0.2, -0.15) is 5.10 Å². The molecule has 0 aliphatic carbocycles. The molecule has 6 nitrogen and oxygen atoms in total. The van der Waals surface area contributed by atoms with Crippen LogP contribution in [0.15, 0.2) is 42.6 Å². The summed E-state index contributed by atoms with van der Waals surface area (Å²) in [6.07, 6.45) is 2.33. The zero-order valence-electron chi connectivity index (χ0n) is 14.6. The Balaban J connectivity index is 1.65. The number of benzene rings is 1. The number of hydrogen-bond acceptors (Lipinski definition) is 3. The van der Waals surface area contributed by atoms with Gasteiger partial charge in [0.25, 0.3) is 5.91 Å². The first-order valence-corrected chi connectivity index (χ1v) is 8.61. The summed E-state index contributed by atoms with van der Waals surface area (Å²) in [6.45, 7) is 1.78. The molecule has 4 rings (SSSR count). The molecule has 0 radical (unpaired) electrons. The number of likely N-dealkylation sites (tertiary alicyclic amines) is 2. The van der Waals surface area contributed by atoms with Crippen LogP contribution < -0.4 is 0 Å². The van der Waals surface area contributed by atoms with Gasteiger partial charge in [-0.15, -0.1) is 0 Å². The number of carbonyl (C=O) groups excluding carboxylic acids is 2. The zero-order chi connectivity index (χ0) is 17.6. The molecule has 25 heavy (non-hydrogen) atoms. The largest absolute Gasteiger partial charge is 0.345 e. The second-order valence-corrected chi connectivity index (χ2v) is 7.12. The van der Waals surface area contributed by atoms with Gasteiger partial charge in [0.05, 0.1) is 5.41 Å². The van der Waals surface area contributed by atoms with Gasteiger partial charge in [-0.1, -0.05) is 30.3 Å². The quantitative estimate of drug-likeness (QED) is 0.834. The lowest BCUT2D eigenvalue weighted by molar-refractivity contribution is -0.134. The zero-order valence-corrected chi connectivity index (χ0v) is 14.6. The lowest BCUT2D eigenvalue weighted by atomic mass is 9.73. The molecule has 2 fully saturated rings. The molecular weight excluding hydrogens is 316 g/mol. The van der Waals surface area contributed by atoms with E-state index < -0.39 is 5.41 Å². The fourth-order valence-corrected chi connectivity index (χ4v) is 4.38. The van der Waals surface area contributed by atoms with Crippen molar-refractivity contribution in [1.82, 2.24) is 19.6 Å². The van der Waals surface area contributed by atoms with Crippen molar-refractivity contribution in [3.8, 4) is 0 Å². The molecular formula is C19H22N4O2. The highest BCUT2D eigenvalue weighted by molar-refractivity contribution is 5.94. The SMILES string of the molecule is CN1CC(c2ccccc2)C2(CCN(C(=O)c3ccnn3C)C2)C1=O. The molecule has 0 bridgehead atoms. The van der Waals surface area contributed by atoms with Crippen LogP contribution in [-0.4, -0.2) is 58.1 Å². The van der Waals surface area contributed by atoms with Crippen LogP contribution in [0.25, 0.3) is 0 Å². The molecule has 2 saturated heterocycles. The van der Waals surface area contributed by atoms with E-state index >= 15 is 0 Å². The molecule has 1 aromatic heterocycles. The third-order valence-corrected chi connectivity index (χ3v) is 5.73. The summed E-state index contributed by atoms with van der Waals surface area (Å²) in [5, 5.41) is 4.08. The predicted octanol–water partition coefficient (Wildman–Crippen LogP) is 1.51. The topological polar surface area (TPSA) is 58.4 Å². The van der Waals surface area contributed by atoms with E-state index in [1.54, 1.807) is 24.0 Å². The van der Waals surface area contributed by atoms with Gasteiger partial charge in [-0.25, -0.2) is 0 Å². The molecule has 3 heterocycles. The molecule has 2 aromatic rings. The van der Waals surface area contributed by atoms with Crippen molar-refractivity contribution in [1.29, 1.82) is 0 Å². The second-order valence-electron chi connectivity index (χ2n) is 7.12. The van der Waals surface area contributed by atoms with Gasteiger partial charge >= 0.3 is 0 Å². The van der Waals surface area contributed by atoms with Crippen molar-refractivity contribution in [3.05, 3.63) is 53.9 Å². The average molecular weight is 338 g/mol. The molecule has 2 aliphatic heterocycles. The van der Waals surface area contributed by atoms with Crippen molar-refractivity contribution in [3.63, 3.8) is 0 Å². The van der Waals surface area contributed by atoms with Gasteiger partial charge in [0.1, 0.15) is 5.69 Å². The van der Waals surface area contributed by atoms with Crippen LogP contribution in [0.4, 0.5) is 0 Å². The standard InChI is InChI=1S/C19H22N4O2/c1-21-12-15(14-6-4-3-5-7-14)19(18(21)25)9-11-23(13-19)17(24)16-8-10-20-22(16)2/h3-8,10,15H,9,11-13H2,1-2H3. The number of carbonyl (C=O) groups is 2. The van der Waals surface area contributed by atoms with E-state index in [2.05, 4.69) is 17.2 Å². The van der Waals surface area contributed by atoms with Gasteiger partial charge < -0.3 is 9.80 Å². The van der Waals surface area contributed by atoms with Crippen molar-refractivity contribution >= 4 is 11.8 Å². The molecule has 6 heteroatoms. The Hall–Kier alpha value is -2.63. The molecule has 2 unspecified atom stereocenters. The first kappa shape index (κ1) is 15.9. The summed E-state index contributed by atoms with van der Waals surface area (Å²) >= 11 is 0. The Morgan fingerprint density at radius 2 is 1.96 bits per heavy atom. The van der Waals surface area contributed by atoms with Crippen molar-refractivity contribution < 1.29 is 9.59 Å². The fourth-order valence-electron chi connectivity index (χ4n) is 4.38. The molecule has 2 aliphatic rings. The number of aromatic nitrogens is 2. The predicted molar refractivity (Wildman–Crippen MR) is 93.0 cm³/mol. The number of aryl methyl sites for hydroxylation is 1. The number of rotatable bonds is 2. The van der Waals surface area contributed by atoms with Gasteiger partial charge in [-0.3, -0.25) is 14.3 Å². The number of hydrogen-bond donors (Lipinski definition) is 0. The fraction of sp³-hybridized carbons (Fsp3) is 0.421. The van der Waals surface area contributed by atoms with E-state index in [1.165, 1.54) is 5.56 Å². The maximum Gasteiger partial charge on any atom is 0.272 e. The minimum absolute atomic E-state index is 0.0500. The van der Waals surface area contributed by atoms with Gasteiger partial charge in [0.2, 0.25) is 5.91 Å². The summed E-state index contributed by atoms with van der Waals surface area (Å²) in [7, 11) is 3.62.